The van der Waals surface area contributed by atoms with Crippen molar-refractivity contribution in [2.75, 3.05) is 0 Å². The third-order valence-corrected chi connectivity index (χ3v) is 2.66. The SMILES string of the molecule is [CH2]CCC=C(C)CCCCCCCC(=O)O. The molecular formula is C14H25O2. The molecule has 0 unspecified atom stereocenters. The van der Waals surface area contributed by atoms with Gasteiger partial charge in [0.2, 0.25) is 0 Å². The van der Waals surface area contributed by atoms with E-state index in [0.717, 1.165) is 32.1 Å². The van der Waals surface area contributed by atoms with Crippen molar-refractivity contribution in [1.82, 2.24) is 0 Å². The highest BCUT2D eigenvalue weighted by Crippen LogP contribution is 2.12. The van der Waals surface area contributed by atoms with E-state index in [-0.39, 0.29) is 0 Å². The highest BCUT2D eigenvalue weighted by molar-refractivity contribution is 5.66. The zero-order chi connectivity index (χ0) is 12.2. The van der Waals surface area contributed by atoms with Gasteiger partial charge in [-0.2, -0.15) is 0 Å². The lowest BCUT2D eigenvalue weighted by atomic mass is 10.0. The van der Waals surface area contributed by atoms with Gasteiger partial charge in [0.15, 0.2) is 0 Å². The van der Waals surface area contributed by atoms with Crippen LogP contribution < -0.4 is 0 Å². The van der Waals surface area contributed by atoms with Crippen LogP contribution in [0.5, 0.6) is 0 Å². The Labute approximate surface area is 99.7 Å². The Morgan fingerprint density at radius 1 is 1.12 bits per heavy atom. The van der Waals surface area contributed by atoms with Gasteiger partial charge >= 0.3 is 5.97 Å². The van der Waals surface area contributed by atoms with Gasteiger partial charge in [-0.15, -0.1) is 0 Å². The monoisotopic (exact) mass is 225 g/mol. The Bertz CT molecular complexity index is 207. The number of hydrogen-bond donors (Lipinski definition) is 1. The van der Waals surface area contributed by atoms with Crippen LogP contribution >= 0.6 is 0 Å². The Hall–Kier alpha value is -0.790. The zero-order valence-corrected chi connectivity index (χ0v) is 10.5. The van der Waals surface area contributed by atoms with Crippen molar-refractivity contribution in [1.29, 1.82) is 0 Å². The molecule has 0 heterocycles. The van der Waals surface area contributed by atoms with Gasteiger partial charge in [-0.3, -0.25) is 4.79 Å². The Kier molecular flexibility index (Phi) is 10.2. The molecule has 93 valence electrons. The van der Waals surface area contributed by atoms with Crippen molar-refractivity contribution in [2.45, 2.75) is 64.7 Å². The van der Waals surface area contributed by atoms with Gasteiger partial charge in [-0.05, 0) is 39.0 Å². The predicted molar refractivity (Wildman–Crippen MR) is 68.3 cm³/mol. The average molecular weight is 225 g/mol. The first-order chi connectivity index (χ1) is 7.66. The molecule has 16 heavy (non-hydrogen) atoms. The summed E-state index contributed by atoms with van der Waals surface area (Å²) < 4.78 is 0. The van der Waals surface area contributed by atoms with Gasteiger partial charge in [-0.25, -0.2) is 0 Å². The Morgan fingerprint density at radius 3 is 2.25 bits per heavy atom. The maximum absolute atomic E-state index is 10.3. The third kappa shape index (κ3) is 11.3. The first-order valence-corrected chi connectivity index (χ1v) is 6.33. The molecule has 0 aromatic carbocycles. The summed E-state index contributed by atoms with van der Waals surface area (Å²) in [6.07, 6.45) is 11.3. The molecule has 0 aliphatic heterocycles. The normalized spacial score (nSPS) is 11.8. The summed E-state index contributed by atoms with van der Waals surface area (Å²) in [7, 11) is 0. The third-order valence-electron chi connectivity index (χ3n) is 2.66. The van der Waals surface area contributed by atoms with Crippen LogP contribution in [0.1, 0.15) is 64.7 Å². The van der Waals surface area contributed by atoms with E-state index in [9.17, 15) is 4.79 Å². The molecule has 0 saturated heterocycles. The molecule has 1 N–H and O–H groups in total. The summed E-state index contributed by atoms with van der Waals surface area (Å²) in [5.41, 5.74) is 1.47. The molecule has 0 atom stereocenters. The molecular weight excluding hydrogens is 200 g/mol. The van der Waals surface area contributed by atoms with E-state index in [4.69, 9.17) is 5.11 Å². The van der Waals surface area contributed by atoms with E-state index >= 15 is 0 Å². The second-order valence-corrected chi connectivity index (χ2v) is 4.35. The van der Waals surface area contributed by atoms with Gasteiger partial charge in [0.1, 0.15) is 0 Å². The van der Waals surface area contributed by atoms with E-state index in [1.165, 1.54) is 24.8 Å². The van der Waals surface area contributed by atoms with Crippen molar-refractivity contribution in [2.24, 2.45) is 0 Å². The van der Waals surface area contributed by atoms with Crippen LogP contribution in [-0.4, -0.2) is 11.1 Å². The summed E-state index contributed by atoms with van der Waals surface area (Å²) in [5, 5.41) is 8.46. The van der Waals surface area contributed by atoms with E-state index in [0.29, 0.717) is 6.42 Å². The van der Waals surface area contributed by atoms with Gasteiger partial charge < -0.3 is 5.11 Å². The number of carboxylic acids is 1. The zero-order valence-electron chi connectivity index (χ0n) is 10.5. The lowest BCUT2D eigenvalue weighted by Crippen LogP contribution is -1.93. The minimum absolute atomic E-state index is 0.322. The van der Waals surface area contributed by atoms with Crippen molar-refractivity contribution in [3.05, 3.63) is 18.6 Å². The molecule has 0 aromatic heterocycles. The summed E-state index contributed by atoms with van der Waals surface area (Å²) >= 11 is 0. The van der Waals surface area contributed by atoms with Crippen LogP contribution in [0, 0.1) is 6.92 Å². The number of carbonyl (C=O) groups is 1. The van der Waals surface area contributed by atoms with Crippen molar-refractivity contribution < 1.29 is 9.90 Å². The lowest BCUT2D eigenvalue weighted by molar-refractivity contribution is -0.137. The molecule has 0 amide bonds. The fourth-order valence-electron chi connectivity index (χ4n) is 1.66. The molecule has 0 spiro atoms. The first-order valence-electron chi connectivity index (χ1n) is 6.33. The van der Waals surface area contributed by atoms with Crippen molar-refractivity contribution in [3.63, 3.8) is 0 Å². The van der Waals surface area contributed by atoms with Crippen molar-refractivity contribution >= 4 is 5.97 Å². The summed E-state index contributed by atoms with van der Waals surface area (Å²) in [4.78, 5) is 10.3. The fourth-order valence-corrected chi connectivity index (χ4v) is 1.66. The van der Waals surface area contributed by atoms with E-state index in [1.54, 1.807) is 0 Å². The second kappa shape index (κ2) is 10.7. The maximum atomic E-state index is 10.3. The summed E-state index contributed by atoms with van der Waals surface area (Å²) in [6, 6.07) is 0. The van der Waals surface area contributed by atoms with Gasteiger partial charge in [0.25, 0.3) is 0 Å². The average Bonchev–Trinajstić information content (AvgIpc) is 2.24. The van der Waals surface area contributed by atoms with Crippen LogP contribution in [0.2, 0.25) is 0 Å². The highest BCUT2D eigenvalue weighted by Gasteiger charge is 1.96. The smallest absolute Gasteiger partial charge is 0.303 e. The molecule has 0 aromatic rings. The van der Waals surface area contributed by atoms with Crippen LogP contribution in [0.15, 0.2) is 11.6 Å². The number of carboxylic acid groups (broad SMARTS) is 1. The van der Waals surface area contributed by atoms with E-state index < -0.39 is 5.97 Å². The van der Waals surface area contributed by atoms with Crippen LogP contribution in [0.3, 0.4) is 0 Å². The fraction of sp³-hybridized carbons (Fsp3) is 0.714. The van der Waals surface area contributed by atoms with Gasteiger partial charge in [0, 0.05) is 6.42 Å². The molecule has 2 heteroatoms. The molecule has 1 radical (unpaired) electrons. The van der Waals surface area contributed by atoms with Crippen LogP contribution in [0.25, 0.3) is 0 Å². The predicted octanol–water partition coefficient (Wildman–Crippen LogP) is 4.36. The highest BCUT2D eigenvalue weighted by atomic mass is 16.4. The molecule has 0 saturated carbocycles. The lowest BCUT2D eigenvalue weighted by Gasteiger charge is -2.02. The largest absolute Gasteiger partial charge is 0.481 e. The van der Waals surface area contributed by atoms with Crippen LogP contribution in [-0.2, 0) is 4.79 Å². The summed E-state index contributed by atoms with van der Waals surface area (Å²) in [6.45, 7) is 5.99. The van der Waals surface area contributed by atoms with Gasteiger partial charge in [0.05, 0.1) is 0 Å². The standard InChI is InChI=1S/C14H25O2/c1-3-4-10-13(2)11-8-6-5-7-9-12-14(15)16/h10H,1,3-9,11-12H2,2H3,(H,15,16). The van der Waals surface area contributed by atoms with E-state index in [1.807, 2.05) is 0 Å². The Morgan fingerprint density at radius 2 is 1.69 bits per heavy atom. The topological polar surface area (TPSA) is 37.3 Å². The minimum atomic E-state index is -0.674. The second-order valence-electron chi connectivity index (χ2n) is 4.35. The number of rotatable bonds is 10. The minimum Gasteiger partial charge on any atom is -0.481 e. The number of aliphatic carboxylic acids is 1. The molecule has 0 bridgehead atoms. The van der Waals surface area contributed by atoms with Crippen molar-refractivity contribution in [3.8, 4) is 0 Å². The molecule has 0 aliphatic rings. The van der Waals surface area contributed by atoms with E-state index in [2.05, 4.69) is 19.9 Å². The first kappa shape index (κ1) is 15.2. The Balaban J connectivity index is 3.23. The van der Waals surface area contributed by atoms with Gasteiger partial charge in [-0.1, -0.05) is 37.8 Å². The number of unbranched alkanes of at least 4 members (excludes halogenated alkanes) is 5. The molecule has 0 fully saturated rings. The maximum Gasteiger partial charge on any atom is 0.303 e. The molecule has 0 aliphatic carbocycles. The van der Waals surface area contributed by atoms with Crippen LogP contribution in [0.4, 0.5) is 0 Å². The summed E-state index contributed by atoms with van der Waals surface area (Å²) in [5.74, 6) is -0.674. The quantitative estimate of drug-likeness (QED) is 0.443. The number of allylic oxidation sites excluding steroid dienone is 2. The number of hydrogen-bond acceptors (Lipinski definition) is 1. The molecule has 0 rings (SSSR count). The molecule has 2 nitrogen and oxygen atoms in total.